The van der Waals surface area contributed by atoms with Gasteiger partial charge in [-0.15, -0.1) is 0 Å². The molecule has 5 heteroatoms. The van der Waals surface area contributed by atoms with E-state index in [0.717, 1.165) is 10.9 Å². The van der Waals surface area contributed by atoms with Crippen LogP contribution in [-0.2, 0) is 4.74 Å². The molecule has 1 aromatic carbocycles. The van der Waals surface area contributed by atoms with Gasteiger partial charge >= 0.3 is 5.63 Å². The SMILES string of the molecule is COCCOc1cc2oc(=O)cc(C)c2cc1Cl. The van der Waals surface area contributed by atoms with Gasteiger partial charge in [0.15, 0.2) is 0 Å². The van der Waals surface area contributed by atoms with Crippen LogP contribution in [0.25, 0.3) is 11.0 Å². The molecule has 0 atom stereocenters. The fourth-order valence-electron chi connectivity index (χ4n) is 1.67. The maximum absolute atomic E-state index is 11.3. The van der Waals surface area contributed by atoms with E-state index >= 15 is 0 Å². The zero-order chi connectivity index (χ0) is 13.1. The average molecular weight is 269 g/mol. The highest BCUT2D eigenvalue weighted by atomic mass is 35.5. The van der Waals surface area contributed by atoms with Crippen molar-refractivity contribution in [3.8, 4) is 5.75 Å². The van der Waals surface area contributed by atoms with Gasteiger partial charge in [-0.3, -0.25) is 0 Å². The molecule has 96 valence electrons. The Bertz CT molecular complexity index is 618. The second-order valence-corrected chi connectivity index (χ2v) is 4.28. The van der Waals surface area contributed by atoms with E-state index in [1.807, 2.05) is 6.92 Å². The molecule has 0 spiro atoms. The Labute approximate surface area is 109 Å². The van der Waals surface area contributed by atoms with Crippen molar-refractivity contribution in [2.24, 2.45) is 0 Å². The molecule has 1 aromatic heterocycles. The van der Waals surface area contributed by atoms with E-state index in [2.05, 4.69) is 0 Å². The van der Waals surface area contributed by atoms with Gasteiger partial charge in [-0.1, -0.05) is 11.6 Å². The molecule has 0 aliphatic carbocycles. The Balaban J connectivity index is 2.44. The lowest BCUT2D eigenvalue weighted by Crippen LogP contribution is -2.05. The lowest BCUT2D eigenvalue weighted by atomic mass is 10.1. The van der Waals surface area contributed by atoms with Crippen LogP contribution in [0.5, 0.6) is 5.75 Å². The Kier molecular flexibility index (Phi) is 3.89. The van der Waals surface area contributed by atoms with Gasteiger partial charge in [-0.05, 0) is 18.6 Å². The minimum atomic E-state index is -0.384. The van der Waals surface area contributed by atoms with Gasteiger partial charge in [0.1, 0.15) is 17.9 Å². The Morgan fingerprint density at radius 2 is 2.06 bits per heavy atom. The molecule has 0 saturated heterocycles. The minimum absolute atomic E-state index is 0.384. The third-order valence-corrected chi connectivity index (χ3v) is 2.84. The maximum atomic E-state index is 11.3. The van der Waals surface area contributed by atoms with Crippen molar-refractivity contribution in [1.82, 2.24) is 0 Å². The van der Waals surface area contributed by atoms with Crippen LogP contribution in [-0.4, -0.2) is 20.3 Å². The molecule has 1 heterocycles. The van der Waals surface area contributed by atoms with Crippen LogP contribution >= 0.6 is 11.6 Å². The predicted molar refractivity (Wildman–Crippen MR) is 69.6 cm³/mol. The third-order valence-electron chi connectivity index (χ3n) is 2.55. The van der Waals surface area contributed by atoms with Gasteiger partial charge in [0.2, 0.25) is 0 Å². The summed E-state index contributed by atoms with van der Waals surface area (Å²) in [5.41, 5.74) is 0.911. The lowest BCUT2D eigenvalue weighted by molar-refractivity contribution is 0.146. The topological polar surface area (TPSA) is 48.7 Å². The predicted octanol–water partition coefficient (Wildman–Crippen LogP) is 2.78. The fourth-order valence-corrected chi connectivity index (χ4v) is 1.88. The Hall–Kier alpha value is -1.52. The van der Waals surface area contributed by atoms with Gasteiger partial charge in [-0.25, -0.2) is 4.79 Å². The molecule has 18 heavy (non-hydrogen) atoms. The zero-order valence-corrected chi connectivity index (χ0v) is 10.9. The van der Waals surface area contributed by atoms with Gasteiger partial charge < -0.3 is 13.9 Å². The highest BCUT2D eigenvalue weighted by Gasteiger charge is 2.08. The molecule has 0 radical (unpaired) electrons. The van der Waals surface area contributed by atoms with Crippen molar-refractivity contribution >= 4 is 22.6 Å². The normalized spacial score (nSPS) is 10.8. The summed E-state index contributed by atoms with van der Waals surface area (Å²) in [5, 5.41) is 1.29. The van der Waals surface area contributed by atoms with E-state index in [0.29, 0.717) is 29.6 Å². The van der Waals surface area contributed by atoms with Crippen molar-refractivity contribution < 1.29 is 13.9 Å². The number of hydrogen-bond acceptors (Lipinski definition) is 4. The molecule has 0 aliphatic heterocycles. The van der Waals surface area contributed by atoms with Crippen molar-refractivity contribution in [3.05, 3.63) is 39.2 Å². The number of ether oxygens (including phenoxy) is 2. The molecule has 0 bridgehead atoms. The van der Waals surface area contributed by atoms with Crippen LogP contribution in [0.3, 0.4) is 0 Å². The molecule has 0 saturated carbocycles. The smallest absolute Gasteiger partial charge is 0.336 e. The molecule has 2 rings (SSSR count). The minimum Gasteiger partial charge on any atom is -0.489 e. The number of aryl methyl sites for hydroxylation is 1. The summed E-state index contributed by atoms with van der Waals surface area (Å²) < 4.78 is 15.5. The van der Waals surface area contributed by atoms with E-state index in [1.54, 1.807) is 19.2 Å². The van der Waals surface area contributed by atoms with Crippen LogP contribution < -0.4 is 10.4 Å². The molecular weight excluding hydrogens is 256 g/mol. The van der Waals surface area contributed by atoms with Crippen molar-refractivity contribution in [2.45, 2.75) is 6.92 Å². The summed E-state index contributed by atoms with van der Waals surface area (Å²) in [6.45, 7) is 2.69. The van der Waals surface area contributed by atoms with E-state index in [4.69, 9.17) is 25.5 Å². The first-order valence-corrected chi connectivity index (χ1v) is 5.85. The van der Waals surface area contributed by atoms with Crippen LogP contribution in [0.2, 0.25) is 5.02 Å². The van der Waals surface area contributed by atoms with Gasteiger partial charge in [-0.2, -0.15) is 0 Å². The highest BCUT2D eigenvalue weighted by Crippen LogP contribution is 2.30. The van der Waals surface area contributed by atoms with E-state index in [1.165, 1.54) is 6.07 Å². The standard InChI is InChI=1S/C13H13ClO4/c1-8-5-13(15)18-11-7-12(17-4-3-16-2)10(14)6-9(8)11/h5-7H,3-4H2,1-2H3. The summed E-state index contributed by atoms with van der Waals surface area (Å²) in [7, 11) is 1.59. The Morgan fingerprint density at radius 1 is 1.28 bits per heavy atom. The van der Waals surface area contributed by atoms with Crippen LogP contribution in [0.1, 0.15) is 5.56 Å². The van der Waals surface area contributed by atoms with Gasteiger partial charge in [0.25, 0.3) is 0 Å². The molecule has 2 aromatic rings. The highest BCUT2D eigenvalue weighted by molar-refractivity contribution is 6.32. The number of benzene rings is 1. The van der Waals surface area contributed by atoms with Gasteiger partial charge in [0, 0.05) is 24.6 Å². The van der Waals surface area contributed by atoms with Crippen molar-refractivity contribution in [2.75, 3.05) is 20.3 Å². The average Bonchev–Trinajstić information content (AvgIpc) is 2.31. The largest absolute Gasteiger partial charge is 0.489 e. The third kappa shape index (κ3) is 2.66. The van der Waals surface area contributed by atoms with Crippen molar-refractivity contribution in [3.63, 3.8) is 0 Å². The maximum Gasteiger partial charge on any atom is 0.336 e. The second-order valence-electron chi connectivity index (χ2n) is 3.87. The number of methoxy groups -OCH3 is 1. The second kappa shape index (κ2) is 5.42. The van der Waals surface area contributed by atoms with Crippen LogP contribution in [0, 0.1) is 6.92 Å². The lowest BCUT2D eigenvalue weighted by Gasteiger charge is -2.09. The molecule has 0 amide bonds. The summed E-state index contributed by atoms with van der Waals surface area (Å²) in [4.78, 5) is 11.3. The summed E-state index contributed by atoms with van der Waals surface area (Å²) in [6, 6.07) is 4.79. The molecule has 0 fully saturated rings. The Morgan fingerprint density at radius 3 is 2.78 bits per heavy atom. The summed E-state index contributed by atoms with van der Waals surface area (Å²) in [5.74, 6) is 0.481. The fraction of sp³-hybridized carbons (Fsp3) is 0.308. The molecule has 0 unspecified atom stereocenters. The number of halogens is 1. The number of hydrogen-bond donors (Lipinski definition) is 0. The van der Waals surface area contributed by atoms with Crippen molar-refractivity contribution in [1.29, 1.82) is 0 Å². The number of fused-ring (bicyclic) bond motifs is 1. The summed E-state index contributed by atoms with van der Waals surface area (Å²) >= 11 is 6.11. The zero-order valence-electron chi connectivity index (χ0n) is 10.2. The molecule has 4 nitrogen and oxygen atoms in total. The van der Waals surface area contributed by atoms with Gasteiger partial charge in [0.05, 0.1) is 11.6 Å². The first-order chi connectivity index (χ1) is 8.61. The van der Waals surface area contributed by atoms with E-state index in [-0.39, 0.29) is 5.63 Å². The summed E-state index contributed by atoms with van der Waals surface area (Å²) in [6.07, 6.45) is 0. The first-order valence-electron chi connectivity index (χ1n) is 5.47. The van der Waals surface area contributed by atoms with E-state index in [9.17, 15) is 4.79 Å². The quantitative estimate of drug-likeness (QED) is 0.632. The van der Waals surface area contributed by atoms with E-state index < -0.39 is 0 Å². The monoisotopic (exact) mass is 268 g/mol. The van der Waals surface area contributed by atoms with Crippen LogP contribution in [0.4, 0.5) is 0 Å². The number of rotatable bonds is 4. The van der Waals surface area contributed by atoms with Crippen LogP contribution in [0.15, 0.2) is 27.4 Å². The molecular formula is C13H13ClO4. The molecule has 0 aliphatic rings. The first kappa shape index (κ1) is 12.9. The molecule has 0 N–H and O–H groups in total.